The second kappa shape index (κ2) is 7.29. The first-order valence-corrected chi connectivity index (χ1v) is 8.30. The first-order chi connectivity index (χ1) is 11.6. The minimum Gasteiger partial charge on any atom is -0.383 e. The molecule has 0 bridgehead atoms. The molecule has 1 aliphatic rings. The number of hydrogen-bond donors (Lipinski definition) is 4. The summed E-state index contributed by atoms with van der Waals surface area (Å²) < 4.78 is 0. The van der Waals surface area contributed by atoms with E-state index < -0.39 is 0 Å². The molecule has 0 unspecified atom stereocenters. The number of carbonyl (C=O) groups excluding carboxylic acids is 1. The quantitative estimate of drug-likeness (QED) is 0.652. The fourth-order valence-electron chi connectivity index (χ4n) is 3.22. The first-order valence-electron chi connectivity index (χ1n) is 8.30. The summed E-state index contributed by atoms with van der Waals surface area (Å²) in [5.74, 6) is 0.860. The lowest BCUT2D eigenvalue weighted by atomic mass is 9.85. The van der Waals surface area contributed by atoms with Crippen LogP contribution in [0.5, 0.6) is 0 Å². The molecule has 2 heterocycles. The predicted octanol–water partition coefficient (Wildman–Crippen LogP) is 1.10. The molecule has 1 fully saturated rings. The average Bonchev–Trinajstić information content (AvgIpc) is 3.04. The van der Waals surface area contributed by atoms with Gasteiger partial charge >= 0.3 is 0 Å². The number of aromatic amines is 2. The molecule has 0 radical (unpaired) electrons. The molecule has 5 N–H and O–H groups in total. The minimum atomic E-state index is -0.293. The summed E-state index contributed by atoms with van der Waals surface area (Å²) in [5.41, 5.74) is 6.79. The van der Waals surface area contributed by atoms with Crippen molar-refractivity contribution in [3.8, 4) is 0 Å². The molecule has 0 spiro atoms. The maximum Gasteiger partial charge on any atom is 0.254 e. The number of amides is 1. The van der Waals surface area contributed by atoms with Gasteiger partial charge in [0.1, 0.15) is 11.6 Å². The number of hydrogen-bond acceptors (Lipinski definition) is 5. The van der Waals surface area contributed by atoms with Crippen molar-refractivity contribution in [3.05, 3.63) is 39.7 Å². The molecule has 8 nitrogen and oxygen atoms in total. The maximum absolute atomic E-state index is 12.4. The first kappa shape index (κ1) is 16.2. The van der Waals surface area contributed by atoms with Gasteiger partial charge in [-0.2, -0.15) is 5.10 Å². The number of nitrogen functional groups attached to an aromatic ring is 1. The van der Waals surface area contributed by atoms with Crippen LogP contribution in [0.15, 0.2) is 17.1 Å². The van der Waals surface area contributed by atoms with E-state index in [0.29, 0.717) is 30.3 Å². The number of rotatable bonds is 5. The highest BCUT2D eigenvalue weighted by molar-refractivity contribution is 5.95. The van der Waals surface area contributed by atoms with Gasteiger partial charge in [-0.1, -0.05) is 19.3 Å². The Hall–Kier alpha value is -2.64. The molecule has 0 aromatic carbocycles. The van der Waals surface area contributed by atoms with Crippen molar-refractivity contribution in [1.82, 2.24) is 25.5 Å². The molecule has 2 aromatic heterocycles. The third-order valence-corrected chi connectivity index (χ3v) is 4.38. The molecule has 24 heavy (non-hydrogen) atoms. The second-order valence-corrected chi connectivity index (χ2v) is 6.16. The molecule has 0 atom stereocenters. The molecule has 128 valence electrons. The van der Waals surface area contributed by atoms with Crippen LogP contribution < -0.4 is 16.6 Å². The average molecular weight is 330 g/mol. The van der Waals surface area contributed by atoms with Gasteiger partial charge in [0.2, 0.25) is 0 Å². The molecule has 1 aliphatic carbocycles. The highest BCUT2D eigenvalue weighted by atomic mass is 16.1. The lowest BCUT2D eigenvalue weighted by Gasteiger charge is -2.21. The monoisotopic (exact) mass is 330 g/mol. The number of nitrogens with two attached hydrogens (primary N) is 1. The zero-order valence-electron chi connectivity index (χ0n) is 13.5. The summed E-state index contributed by atoms with van der Waals surface area (Å²) in [5, 5.41) is 9.89. The fourth-order valence-corrected chi connectivity index (χ4v) is 3.22. The summed E-state index contributed by atoms with van der Waals surface area (Å²) in [7, 11) is 0. The minimum absolute atomic E-state index is 0.157. The van der Waals surface area contributed by atoms with Crippen molar-refractivity contribution >= 4 is 11.7 Å². The summed E-state index contributed by atoms with van der Waals surface area (Å²) >= 11 is 0. The second-order valence-electron chi connectivity index (χ2n) is 6.16. The zero-order valence-corrected chi connectivity index (χ0v) is 13.5. The standard InChI is InChI=1S/C16H22N6O2/c17-12-8-14(23)21-13(20-12)6-7-18-16(24)11-9-19-22-15(11)10-4-2-1-3-5-10/h8-10H,1-7H2,(H,18,24)(H,19,22)(H3,17,20,21,23). The zero-order chi connectivity index (χ0) is 16.9. The Morgan fingerprint density at radius 2 is 2.12 bits per heavy atom. The van der Waals surface area contributed by atoms with E-state index in [1.165, 1.54) is 25.3 Å². The largest absolute Gasteiger partial charge is 0.383 e. The molecule has 1 saturated carbocycles. The molecular formula is C16H22N6O2. The molecule has 2 aromatic rings. The van der Waals surface area contributed by atoms with Crippen molar-refractivity contribution in [1.29, 1.82) is 0 Å². The molecular weight excluding hydrogens is 308 g/mol. The van der Waals surface area contributed by atoms with Crippen LogP contribution in [0.1, 0.15) is 59.9 Å². The summed E-state index contributed by atoms with van der Waals surface area (Å²) in [6, 6.07) is 1.23. The van der Waals surface area contributed by atoms with Crippen LogP contribution in [0.4, 0.5) is 5.82 Å². The number of H-pyrrole nitrogens is 2. The van der Waals surface area contributed by atoms with Crippen LogP contribution in [0.2, 0.25) is 0 Å². The van der Waals surface area contributed by atoms with Gasteiger partial charge in [-0.05, 0) is 12.8 Å². The van der Waals surface area contributed by atoms with Crippen molar-refractivity contribution in [2.75, 3.05) is 12.3 Å². The number of nitrogens with zero attached hydrogens (tertiary/aromatic N) is 2. The van der Waals surface area contributed by atoms with Gasteiger partial charge in [0.15, 0.2) is 0 Å². The lowest BCUT2D eigenvalue weighted by molar-refractivity contribution is 0.0952. The van der Waals surface area contributed by atoms with E-state index in [1.54, 1.807) is 6.20 Å². The Morgan fingerprint density at radius 1 is 1.33 bits per heavy atom. The van der Waals surface area contributed by atoms with E-state index >= 15 is 0 Å². The van der Waals surface area contributed by atoms with Crippen molar-refractivity contribution in [2.45, 2.75) is 44.4 Å². The van der Waals surface area contributed by atoms with Gasteiger partial charge in [0.25, 0.3) is 11.5 Å². The third-order valence-electron chi connectivity index (χ3n) is 4.38. The van der Waals surface area contributed by atoms with E-state index in [1.807, 2.05) is 0 Å². The Labute approximate surface area is 139 Å². The highest BCUT2D eigenvalue weighted by Gasteiger charge is 2.23. The van der Waals surface area contributed by atoms with Gasteiger partial charge in [0, 0.05) is 24.9 Å². The smallest absolute Gasteiger partial charge is 0.254 e. The number of nitrogens with one attached hydrogen (secondary N) is 3. The summed E-state index contributed by atoms with van der Waals surface area (Å²) in [4.78, 5) is 30.4. The molecule has 1 amide bonds. The topological polar surface area (TPSA) is 130 Å². The predicted molar refractivity (Wildman–Crippen MR) is 89.7 cm³/mol. The molecule has 3 rings (SSSR count). The Kier molecular flexibility index (Phi) is 4.93. The van der Waals surface area contributed by atoms with E-state index in [-0.39, 0.29) is 17.3 Å². The van der Waals surface area contributed by atoms with Crippen LogP contribution in [-0.4, -0.2) is 32.6 Å². The SMILES string of the molecule is Nc1cc(=O)[nH]c(CCNC(=O)c2cn[nH]c2C2CCCCC2)n1. The third kappa shape index (κ3) is 3.81. The summed E-state index contributed by atoms with van der Waals surface area (Å²) in [6.07, 6.45) is 7.83. The molecule has 0 aliphatic heterocycles. The number of carbonyl (C=O) groups is 1. The van der Waals surface area contributed by atoms with Crippen LogP contribution in [-0.2, 0) is 6.42 Å². The normalized spacial score (nSPS) is 15.3. The summed E-state index contributed by atoms with van der Waals surface area (Å²) in [6.45, 7) is 0.362. The van der Waals surface area contributed by atoms with Gasteiger partial charge in [0.05, 0.1) is 17.5 Å². The van der Waals surface area contributed by atoms with Crippen LogP contribution in [0.25, 0.3) is 0 Å². The number of aromatic nitrogens is 4. The van der Waals surface area contributed by atoms with Crippen LogP contribution >= 0.6 is 0 Å². The maximum atomic E-state index is 12.4. The van der Waals surface area contributed by atoms with E-state index in [2.05, 4.69) is 25.5 Å². The van der Waals surface area contributed by atoms with Gasteiger partial charge in [-0.15, -0.1) is 0 Å². The van der Waals surface area contributed by atoms with Crippen molar-refractivity contribution < 1.29 is 4.79 Å². The van der Waals surface area contributed by atoms with Gasteiger partial charge in [-0.25, -0.2) is 4.98 Å². The van der Waals surface area contributed by atoms with E-state index in [9.17, 15) is 9.59 Å². The van der Waals surface area contributed by atoms with Gasteiger partial charge in [-0.3, -0.25) is 14.7 Å². The van der Waals surface area contributed by atoms with Crippen molar-refractivity contribution in [2.24, 2.45) is 0 Å². The Balaban J connectivity index is 1.59. The fraction of sp³-hybridized carbons (Fsp3) is 0.500. The molecule has 0 saturated heterocycles. The highest BCUT2D eigenvalue weighted by Crippen LogP contribution is 2.33. The van der Waals surface area contributed by atoms with Crippen LogP contribution in [0, 0.1) is 0 Å². The van der Waals surface area contributed by atoms with E-state index in [0.717, 1.165) is 18.5 Å². The number of anilines is 1. The van der Waals surface area contributed by atoms with Gasteiger partial charge < -0.3 is 16.0 Å². The van der Waals surface area contributed by atoms with Crippen molar-refractivity contribution in [3.63, 3.8) is 0 Å². The molecule has 8 heteroatoms. The van der Waals surface area contributed by atoms with Crippen LogP contribution in [0.3, 0.4) is 0 Å². The Morgan fingerprint density at radius 3 is 2.88 bits per heavy atom. The lowest BCUT2D eigenvalue weighted by Crippen LogP contribution is -2.28. The van der Waals surface area contributed by atoms with E-state index in [4.69, 9.17) is 5.73 Å². The Bertz CT molecular complexity index is 760.